The van der Waals surface area contributed by atoms with E-state index < -0.39 is 28.1 Å². The number of carbonyl (C=O) groups is 3. The molecule has 1 aliphatic rings. The van der Waals surface area contributed by atoms with Crippen LogP contribution in [0.25, 0.3) is 0 Å². The first-order chi connectivity index (χ1) is 13.5. The molecule has 1 fully saturated rings. The van der Waals surface area contributed by atoms with Crippen LogP contribution in [0, 0.1) is 12.8 Å². The molecule has 2 atom stereocenters. The third-order valence-corrected chi connectivity index (χ3v) is 6.50. The molecule has 0 bridgehead atoms. The van der Waals surface area contributed by atoms with E-state index in [0.717, 1.165) is 5.56 Å². The van der Waals surface area contributed by atoms with Crippen LogP contribution in [0.3, 0.4) is 0 Å². The molecule has 9 nitrogen and oxygen atoms in total. The number of likely N-dealkylation sites (tertiary alicyclic amines) is 1. The van der Waals surface area contributed by atoms with Crippen molar-refractivity contribution in [2.24, 2.45) is 5.92 Å². The van der Waals surface area contributed by atoms with Gasteiger partial charge in [0.15, 0.2) is 0 Å². The predicted molar refractivity (Wildman–Crippen MR) is 106 cm³/mol. The summed E-state index contributed by atoms with van der Waals surface area (Å²) in [6, 6.07) is 4.41. The molecular weight excluding hydrogens is 398 g/mol. The molecule has 3 N–H and O–H groups in total. The molecule has 10 heteroatoms. The monoisotopic (exact) mass is 425 g/mol. The number of carboxylic acids is 1. The number of rotatable bonds is 7. The van der Waals surface area contributed by atoms with E-state index in [2.05, 4.69) is 10.0 Å². The fourth-order valence-corrected chi connectivity index (χ4v) is 4.29. The van der Waals surface area contributed by atoms with Crippen molar-refractivity contribution in [2.45, 2.75) is 50.6 Å². The normalized spacial score (nSPS) is 17.4. The van der Waals surface area contributed by atoms with Gasteiger partial charge < -0.3 is 15.3 Å². The summed E-state index contributed by atoms with van der Waals surface area (Å²) in [6.07, 6.45) is 0.780. The van der Waals surface area contributed by atoms with Crippen molar-refractivity contribution in [3.05, 3.63) is 29.8 Å². The van der Waals surface area contributed by atoms with Crippen molar-refractivity contribution >= 4 is 27.8 Å². The van der Waals surface area contributed by atoms with Gasteiger partial charge in [0.2, 0.25) is 21.8 Å². The number of nitrogens with zero attached hydrogens (tertiary/aromatic N) is 1. The summed E-state index contributed by atoms with van der Waals surface area (Å²) in [5.41, 5.74) is 0.928. The number of sulfonamides is 1. The van der Waals surface area contributed by atoms with Crippen LogP contribution < -0.4 is 10.0 Å². The second kappa shape index (κ2) is 9.36. The number of carboxylic acid groups (broad SMARTS) is 1. The van der Waals surface area contributed by atoms with Gasteiger partial charge in [0.05, 0.1) is 10.9 Å². The van der Waals surface area contributed by atoms with Crippen LogP contribution in [0.15, 0.2) is 29.2 Å². The minimum absolute atomic E-state index is 0.0886. The lowest BCUT2D eigenvalue weighted by Gasteiger charge is -2.33. The molecule has 1 heterocycles. The SMILES string of the molecule is Cc1ccc(S(=O)(=O)N[C@@H](C)C(=O)N2CCC(C(=O)N[C@@H](C)C(=O)O)CC2)cc1. The van der Waals surface area contributed by atoms with Crippen LogP contribution in [0.2, 0.25) is 0 Å². The van der Waals surface area contributed by atoms with E-state index in [1.807, 2.05) is 6.92 Å². The summed E-state index contributed by atoms with van der Waals surface area (Å²) in [7, 11) is -3.82. The van der Waals surface area contributed by atoms with Gasteiger partial charge in [-0.2, -0.15) is 4.72 Å². The summed E-state index contributed by atoms with van der Waals surface area (Å²) in [4.78, 5) is 37.2. The minimum atomic E-state index is -3.82. The molecule has 0 aromatic heterocycles. The summed E-state index contributed by atoms with van der Waals surface area (Å²) < 4.78 is 27.3. The van der Waals surface area contributed by atoms with Crippen LogP contribution in [-0.4, -0.2) is 61.4 Å². The molecular formula is C19H27N3O6S. The zero-order valence-electron chi connectivity index (χ0n) is 16.7. The molecule has 1 aliphatic heterocycles. The van der Waals surface area contributed by atoms with Gasteiger partial charge in [-0.1, -0.05) is 17.7 Å². The van der Waals surface area contributed by atoms with Crippen molar-refractivity contribution in [2.75, 3.05) is 13.1 Å². The fraction of sp³-hybridized carbons (Fsp3) is 0.526. The molecule has 0 aliphatic carbocycles. The van der Waals surface area contributed by atoms with Crippen LogP contribution in [0.1, 0.15) is 32.3 Å². The van der Waals surface area contributed by atoms with E-state index in [9.17, 15) is 22.8 Å². The zero-order valence-corrected chi connectivity index (χ0v) is 17.5. The van der Waals surface area contributed by atoms with Crippen LogP contribution in [0.4, 0.5) is 0 Å². The Kier molecular flexibility index (Phi) is 7.37. The van der Waals surface area contributed by atoms with Crippen molar-refractivity contribution in [1.29, 1.82) is 0 Å². The Bertz CT molecular complexity index is 860. The number of hydrogen-bond donors (Lipinski definition) is 3. The maximum absolute atomic E-state index is 12.6. The molecule has 1 saturated heterocycles. The van der Waals surface area contributed by atoms with E-state index >= 15 is 0 Å². The summed E-state index contributed by atoms with van der Waals surface area (Å²) in [6.45, 7) is 5.33. The summed E-state index contributed by atoms with van der Waals surface area (Å²) >= 11 is 0. The maximum Gasteiger partial charge on any atom is 0.325 e. The van der Waals surface area contributed by atoms with Crippen molar-refractivity contribution in [3.8, 4) is 0 Å². The molecule has 2 rings (SSSR count). The van der Waals surface area contributed by atoms with Crippen LogP contribution in [-0.2, 0) is 24.4 Å². The van der Waals surface area contributed by atoms with Crippen LogP contribution in [0.5, 0.6) is 0 Å². The standard InChI is InChI=1S/C19H27N3O6S/c1-12-4-6-16(7-5-12)29(27,28)21-13(2)18(24)22-10-8-15(9-11-22)17(23)20-14(3)19(25)26/h4-7,13-15,21H,8-11H2,1-3H3,(H,20,23)(H,25,26)/t13-,14-/m0/s1. The molecule has 29 heavy (non-hydrogen) atoms. The summed E-state index contributed by atoms with van der Waals surface area (Å²) in [5.74, 6) is -2.19. The number of piperidine rings is 1. The smallest absolute Gasteiger partial charge is 0.325 e. The van der Waals surface area contributed by atoms with Gasteiger partial charge in [-0.3, -0.25) is 14.4 Å². The fourth-order valence-electron chi connectivity index (χ4n) is 3.10. The Balaban J connectivity index is 1.90. The van der Waals surface area contributed by atoms with Crippen molar-refractivity contribution in [3.63, 3.8) is 0 Å². The summed E-state index contributed by atoms with van der Waals surface area (Å²) in [5, 5.41) is 11.3. The predicted octanol–water partition coefficient (Wildman–Crippen LogP) is 0.490. The topological polar surface area (TPSA) is 133 Å². The minimum Gasteiger partial charge on any atom is -0.480 e. The maximum atomic E-state index is 12.6. The van der Waals surface area contributed by atoms with Gasteiger partial charge in [-0.25, -0.2) is 8.42 Å². The molecule has 0 radical (unpaired) electrons. The molecule has 0 unspecified atom stereocenters. The second-order valence-corrected chi connectivity index (χ2v) is 9.04. The lowest BCUT2D eigenvalue weighted by atomic mass is 9.95. The first-order valence-corrected chi connectivity index (χ1v) is 10.9. The van der Waals surface area contributed by atoms with Crippen molar-refractivity contribution in [1.82, 2.24) is 14.9 Å². The molecule has 2 amide bonds. The van der Waals surface area contributed by atoms with Crippen molar-refractivity contribution < 1.29 is 27.9 Å². The van der Waals surface area contributed by atoms with Gasteiger partial charge in [0, 0.05) is 19.0 Å². The highest BCUT2D eigenvalue weighted by Gasteiger charge is 2.32. The highest BCUT2D eigenvalue weighted by atomic mass is 32.2. The lowest BCUT2D eigenvalue weighted by Crippen LogP contribution is -2.51. The van der Waals surface area contributed by atoms with Gasteiger partial charge in [-0.15, -0.1) is 0 Å². The zero-order chi connectivity index (χ0) is 21.8. The number of carbonyl (C=O) groups excluding carboxylic acids is 2. The van der Waals surface area contributed by atoms with E-state index in [1.165, 1.54) is 30.9 Å². The second-order valence-electron chi connectivity index (χ2n) is 7.32. The van der Waals surface area contributed by atoms with Gasteiger partial charge in [0.25, 0.3) is 0 Å². The average Bonchev–Trinajstić information content (AvgIpc) is 2.67. The Morgan fingerprint density at radius 1 is 1.07 bits per heavy atom. The quantitative estimate of drug-likeness (QED) is 0.582. The molecule has 1 aromatic rings. The van der Waals surface area contributed by atoms with E-state index in [-0.39, 0.29) is 22.6 Å². The average molecular weight is 426 g/mol. The number of hydrogen-bond acceptors (Lipinski definition) is 5. The first kappa shape index (κ1) is 22.8. The molecule has 0 saturated carbocycles. The Morgan fingerprint density at radius 3 is 2.14 bits per heavy atom. The Hall–Kier alpha value is -2.46. The third kappa shape index (κ3) is 6.01. The van der Waals surface area contributed by atoms with E-state index in [1.54, 1.807) is 12.1 Å². The Labute approximate surface area is 170 Å². The third-order valence-electron chi connectivity index (χ3n) is 4.94. The number of aryl methyl sites for hydroxylation is 1. The van der Waals surface area contributed by atoms with Gasteiger partial charge in [-0.05, 0) is 45.7 Å². The largest absolute Gasteiger partial charge is 0.480 e. The van der Waals surface area contributed by atoms with Gasteiger partial charge in [0.1, 0.15) is 6.04 Å². The lowest BCUT2D eigenvalue weighted by molar-refractivity contribution is -0.142. The highest BCUT2D eigenvalue weighted by Crippen LogP contribution is 2.19. The van der Waals surface area contributed by atoms with Crippen LogP contribution >= 0.6 is 0 Å². The van der Waals surface area contributed by atoms with Gasteiger partial charge >= 0.3 is 5.97 Å². The molecule has 1 aromatic carbocycles. The number of amides is 2. The van der Waals surface area contributed by atoms with E-state index in [0.29, 0.717) is 25.9 Å². The first-order valence-electron chi connectivity index (χ1n) is 9.42. The Morgan fingerprint density at radius 2 is 1.62 bits per heavy atom. The number of nitrogens with one attached hydrogen (secondary N) is 2. The molecule has 160 valence electrons. The molecule has 0 spiro atoms. The van der Waals surface area contributed by atoms with E-state index in [4.69, 9.17) is 5.11 Å². The number of aliphatic carboxylic acids is 1. The number of benzene rings is 1. The highest BCUT2D eigenvalue weighted by molar-refractivity contribution is 7.89.